The van der Waals surface area contributed by atoms with Crippen molar-refractivity contribution in [3.63, 3.8) is 0 Å². The zero-order valence-electron chi connectivity index (χ0n) is 16.2. The fourth-order valence-corrected chi connectivity index (χ4v) is 3.13. The van der Waals surface area contributed by atoms with Crippen LogP contribution in [-0.2, 0) is 33.9 Å². The normalized spacial score (nSPS) is 15.5. The molecule has 1 aliphatic rings. The van der Waals surface area contributed by atoms with Gasteiger partial charge in [0, 0.05) is 24.7 Å². The summed E-state index contributed by atoms with van der Waals surface area (Å²) in [5.41, 5.74) is 2.38. The second-order valence-corrected chi connectivity index (χ2v) is 6.80. The van der Waals surface area contributed by atoms with Crippen LogP contribution < -0.4 is 20.7 Å². The van der Waals surface area contributed by atoms with Gasteiger partial charge < -0.3 is 20.7 Å². The van der Waals surface area contributed by atoms with E-state index in [2.05, 4.69) is 20.9 Å². The highest BCUT2D eigenvalue weighted by atomic mass is 16.5. The summed E-state index contributed by atoms with van der Waals surface area (Å²) < 4.78 is 5.26. The number of amides is 3. The van der Waals surface area contributed by atoms with E-state index in [0.29, 0.717) is 30.8 Å². The minimum absolute atomic E-state index is 0.0970. The molecule has 0 aliphatic carbocycles. The summed E-state index contributed by atoms with van der Waals surface area (Å²) in [5.74, 6) is 0.253. The monoisotopic (exact) mass is 396 g/mol. The zero-order chi connectivity index (χ0) is 20.6. The van der Waals surface area contributed by atoms with E-state index in [1.54, 1.807) is 19.4 Å². The zero-order valence-corrected chi connectivity index (χ0v) is 16.2. The molecule has 29 heavy (non-hydrogen) atoms. The maximum atomic E-state index is 12.2. The van der Waals surface area contributed by atoms with Gasteiger partial charge >= 0.3 is 0 Å². The molecule has 152 valence electrons. The Morgan fingerprint density at radius 3 is 2.79 bits per heavy atom. The Balaban J connectivity index is 1.48. The first-order chi connectivity index (χ1) is 14.0. The molecular formula is C21H24N4O4. The van der Waals surface area contributed by atoms with Crippen molar-refractivity contribution in [2.45, 2.75) is 38.4 Å². The van der Waals surface area contributed by atoms with Crippen LogP contribution in [0.15, 0.2) is 42.6 Å². The predicted molar refractivity (Wildman–Crippen MR) is 106 cm³/mol. The molecule has 1 aromatic heterocycles. The van der Waals surface area contributed by atoms with Gasteiger partial charge in [-0.15, -0.1) is 0 Å². The first-order valence-corrected chi connectivity index (χ1v) is 9.44. The topological polar surface area (TPSA) is 109 Å². The third-order valence-electron chi connectivity index (χ3n) is 4.67. The molecule has 1 fully saturated rings. The highest BCUT2D eigenvalue weighted by Crippen LogP contribution is 2.17. The van der Waals surface area contributed by atoms with Gasteiger partial charge in [-0.25, -0.2) is 0 Å². The average molecular weight is 396 g/mol. The maximum Gasteiger partial charge on any atom is 0.242 e. The fraction of sp³-hybridized carbons (Fsp3) is 0.333. The molecule has 1 unspecified atom stereocenters. The van der Waals surface area contributed by atoms with Crippen molar-refractivity contribution in [2.75, 3.05) is 7.11 Å². The van der Waals surface area contributed by atoms with Gasteiger partial charge in [-0.1, -0.05) is 18.2 Å². The summed E-state index contributed by atoms with van der Waals surface area (Å²) in [6, 6.07) is 10.6. The van der Waals surface area contributed by atoms with E-state index in [1.807, 2.05) is 30.3 Å². The van der Waals surface area contributed by atoms with Crippen molar-refractivity contribution in [3.8, 4) is 5.75 Å². The van der Waals surface area contributed by atoms with E-state index in [4.69, 9.17) is 4.74 Å². The van der Waals surface area contributed by atoms with Crippen LogP contribution in [0.4, 0.5) is 0 Å². The Morgan fingerprint density at radius 2 is 2.03 bits per heavy atom. The summed E-state index contributed by atoms with van der Waals surface area (Å²) in [6.45, 7) is 0.615. The third kappa shape index (κ3) is 5.78. The van der Waals surface area contributed by atoms with E-state index in [-0.39, 0.29) is 30.7 Å². The quantitative estimate of drug-likeness (QED) is 0.613. The van der Waals surface area contributed by atoms with Gasteiger partial charge in [-0.2, -0.15) is 0 Å². The molecule has 3 N–H and O–H groups in total. The Kier molecular flexibility index (Phi) is 6.78. The standard InChI is InChI=1S/C21H24N4O4/c1-29-18-5-3-2-4-15(18)11-20(27)23-13-16-10-14(8-9-22-16)12-24-21(28)17-6-7-19(26)25-17/h2-5,8-10,17H,6-7,11-13H2,1H3,(H,23,27)(H,24,28)(H,25,26). The molecule has 2 aromatic rings. The highest BCUT2D eigenvalue weighted by Gasteiger charge is 2.26. The molecule has 3 amide bonds. The lowest BCUT2D eigenvalue weighted by Gasteiger charge is -2.12. The smallest absolute Gasteiger partial charge is 0.242 e. The summed E-state index contributed by atoms with van der Waals surface area (Å²) >= 11 is 0. The third-order valence-corrected chi connectivity index (χ3v) is 4.67. The van der Waals surface area contributed by atoms with E-state index >= 15 is 0 Å². The van der Waals surface area contributed by atoms with Crippen LogP contribution in [0, 0.1) is 0 Å². The van der Waals surface area contributed by atoms with E-state index < -0.39 is 6.04 Å². The molecule has 8 nitrogen and oxygen atoms in total. The van der Waals surface area contributed by atoms with Crippen LogP contribution in [0.1, 0.15) is 29.7 Å². The SMILES string of the molecule is COc1ccccc1CC(=O)NCc1cc(CNC(=O)C2CCC(=O)N2)ccn1. The number of para-hydroxylation sites is 1. The van der Waals surface area contributed by atoms with E-state index in [1.165, 1.54) is 0 Å². The largest absolute Gasteiger partial charge is 0.496 e. The number of ether oxygens (including phenoxy) is 1. The molecule has 1 atom stereocenters. The van der Waals surface area contributed by atoms with Crippen LogP contribution in [0.3, 0.4) is 0 Å². The number of hydrogen-bond acceptors (Lipinski definition) is 5. The lowest BCUT2D eigenvalue weighted by molar-refractivity contribution is -0.125. The first kappa shape index (κ1) is 20.3. The molecular weight excluding hydrogens is 372 g/mol. The number of rotatable bonds is 8. The summed E-state index contributed by atoms with van der Waals surface area (Å²) in [6.07, 6.45) is 2.75. The number of aromatic nitrogens is 1. The van der Waals surface area contributed by atoms with E-state index in [0.717, 1.165) is 11.1 Å². The second-order valence-electron chi connectivity index (χ2n) is 6.80. The molecule has 1 saturated heterocycles. The number of benzene rings is 1. The minimum atomic E-state index is -0.460. The van der Waals surface area contributed by atoms with Gasteiger partial charge in [-0.3, -0.25) is 19.4 Å². The number of carbonyl (C=O) groups is 3. The van der Waals surface area contributed by atoms with Crippen molar-refractivity contribution in [3.05, 3.63) is 59.4 Å². The van der Waals surface area contributed by atoms with Crippen LogP contribution >= 0.6 is 0 Å². The van der Waals surface area contributed by atoms with Crippen LogP contribution in [0.5, 0.6) is 5.75 Å². The molecule has 0 radical (unpaired) electrons. The molecule has 1 aliphatic heterocycles. The molecule has 3 rings (SSSR count). The van der Waals surface area contributed by atoms with Gasteiger partial charge in [0.25, 0.3) is 0 Å². The summed E-state index contributed by atoms with van der Waals surface area (Å²) in [7, 11) is 1.57. The fourth-order valence-electron chi connectivity index (χ4n) is 3.13. The second kappa shape index (κ2) is 9.68. The number of nitrogens with one attached hydrogen (secondary N) is 3. The Hall–Kier alpha value is -3.42. The molecule has 1 aromatic carbocycles. The Labute approximate surface area is 169 Å². The Bertz CT molecular complexity index is 900. The van der Waals surface area contributed by atoms with Gasteiger partial charge in [0.15, 0.2) is 0 Å². The predicted octanol–water partition coefficient (Wildman–Crippen LogP) is 0.844. The number of methoxy groups -OCH3 is 1. The average Bonchev–Trinajstić information content (AvgIpc) is 3.17. The lowest BCUT2D eigenvalue weighted by Crippen LogP contribution is -2.41. The molecule has 8 heteroatoms. The Morgan fingerprint density at radius 1 is 1.21 bits per heavy atom. The van der Waals surface area contributed by atoms with Crippen LogP contribution in [0.25, 0.3) is 0 Å². The summed E-state index contributed by atoms with van der Waals surface area (Å²) in [5, 5.41) is 8.31. The number of hydrogen-bond donors (Lipinski definition) is 3. The summed E-state index contributed by atoms with van der Waals surface area (Å²) in [4.78, 5) is 39.8. The molecule has 2 heterocycles. The van der Waals surface area contributed by atoms with Crippen LogP contribution in [-0.4, -0.2) is 35.9 Å². The van der Waals surface area contributed by atoms with Crippen molar-refractivity contribution in [1.29, 1.82) is 0 Å². The van der Waals surface area contributed by atoms with Gasteiger partial charge in [0.2, 0.25) is 17.7 Å². The van der Waals surface area contributed by atoms with Crippen molar-refractivity contribution >= 4 is 17.7 Å². The van der Waals surface area contributed by atoms with Crippen molar-refractivity contribution < 1.29 is 19.1 Å². The maximum absolute atomic E-state index is 12.2. The van der Waals surface area contributed by atoms with Crippen LogP contribution in [0.2, 0.25) is 0 Å². The lowest BCUT2D eigenvalue weighted by atomic mass is 10.1. The molecule has 0 saturated carbocycles. The van der Waals surface area contributed by atoms with Crippen molar-refractivity contribution in [2.24, 2.45) is 0 Å². The molecule has 0 bridgehead atoms. The van der Waals surface area contributed by atoms with Gasteiger partial charge in [0.05, 0.1) is 25.8 Å². The van der Waals surface area contributed by atoms with Crippen molar-refractivity contribution in [1.82, 2.24) is 20.9 Å². The highest BCUT2D eigenvalue weighted by molar-refractivity contribution is 5.90. The first-order valence-electron chi connectivity index (χ1n) is 9.44. The molecule has 0 spiro atoms. The number of pyridine rings is 1. The van der Waals surface area contributed by atoms with Gasteiger partial charge in [-0.05, 0) is 30.2 Å². The van der Waals surface area contributed by atoms with Gasteiger partial charge in [0.1, 0.15) is 11.8 Å². The van der Waals surface area contributed by atoms with E-state index in [9.17, 15) is 14.4 Å². The number of nitrogens with zero attached hydrogens (tertiary/aromatic N) is 1. The number of carbonyl (C=O) groups excluding carboxylic acids is 3. The minimum Gasteiger partial charge on any atom is -0.496 e.